The summed E-state index contributed by atoms with van der Waals surface area (Å²) in [6.07, 6.45) is 3.66. The van der Waals surface area contributed by atoms with Gasteiger partial charge in [-0.25, -0.2) is 0 Å². The SMILES string of the molecule is OC1(c2cccc(Br)c2)CN2CCCCC21. The van der Waals surface area contributed by atoms with E-state index < -0.39 is 5.60 Å². The summed E-state index contributed by atoms with van der Waals surface area (Å²) in [7, 11) is 0. The maximum Gasteiger partial charge on any atom is 0.118 e. The van der Waals surface area contributed by atoms with Crippen molar-refractivity contribution in [1.29, 1.82) is 0 Å². The molecule has 1 aromatic rings. The van der Waals surface area contributed by atoms with Gasteiger partial charge >= 0.3 is 0 Å². The van der Waals surface area contributed by atoms with Gasteiger partial charge in [0, 0.05) is 17.1 Å². The van der Waals surface area contributed by atoms with Gasteiger partial charge in [-0.05, 0) is 37.1 Å². The number of rotatable bonds is 1. The largest absolute Gasteiger partial charge is 0.382 e. The normalized spacial score (nSPS) is 34.2. The molecule has 0 aliphatic carbocycles. The van der Waals surface area contributed by atoms with Crippen LogP contribution in [0.2, 0.25) is 0 Å². The minimum absolute atomic E-state index is 0.343. The van der Waals surface area contributed by atoms with Gasteiger partial charge in [-0.2, -0.15) is 0 Å². The van der Waals surface area contributed by atoms with Crippen LogP contribution in [0.15, 0.2) is 28.7 Å². The molecule has 86 valence electrons. The topological polar surface area (TPSA) is 23.5 Å². The molecule has 0 radical (unpaired) electrons. The van der Waals surface area contributed by atoms with Crippen LogP contribution in [0.3, 0.4) is 0 Å². The molecule has 0 amide bonds. The van der Waals surface area contributed by atoms with Gasteiger partial charge in [0.15, 0.2) is 0 Å². The Morgan fingerprint density at radius 3 is 3.00 bits per heavy atom. The second-order valence-electron chi connectivity index (χ2n) is 4.92. The first-order chi connectivity index (χ1) is 7.70. The number of hydrogen-bond donors (Lipinski definition) is 1. The smallest absolute Gasteiger partial charge is 0.118 e. The molecule has 0 spiro atoms. The Kier molecular flexibility index (Phi) is 2.57. The van der Waals surface area contributed by atoms with Gasteiger partial charge in [-0.15, -0.1) is 0 Å². The zero-order chi connectivity index (χ0) is 11.2. The molecule has 2 saturated heterocycles. The molecule has 3 rings (SSSR count). The van der Waals surface area contributed by atoms with Crippen molar-refractivity contribution in [3.05, 3.63) is 34.3 Å². The lowest BCUT2D eigenvalue weighted by Gasteiger charge is -2.57. The van der Waals surface area contributed by atoms with Crippen molar-refractivity contribution in [2.75, 3.05) is 13.1 Å². The monoisotopic (exact) mass is 281 g/mol. The molecule has 2 aliphatic rings. The minimum Gasteiger partial charge on any atom is -0.382 e. The summed E-state index contributed by atoms with van der Waals surface area (Å²) in [6.45, 7) is 1.95. The molecule has 2 nitrogen and oxygen atoms in total. The van der Waals surface area contributed by atoms with Crippen LogP contribution in [-0.4, -0.2) is 29.1 Å². The first-order valence-electron chi connectivity index (χ1n) is 5.93. The predicted molar refractivity (Wildman–Crippen MR) is 67.3 cm³/mol. The van der Waals surface area contributed by atoms with Crippen molar-refractivity contribution in [2.45, 2.75) is 30.9 Å². The Labute approximate surface area is 104 Å². The molecule has 2 atom stereocenters. The fraction of sp³-hybridized carbons (Fsp3) is 0.538. The zero-order valence-corrected chi connectivity index (χ0v) is 10.8. The first-order valence-corrected chi connectivity index (χ1v) is 6.72. The van der Waals surface area contributed by atoms with Gasteiger partial charge in [-0.3, -0.25) is 4.90 Å². The first kappa shape index (κ1) is 10.8. The molecule has 2 unspecified atom stereocenters. The lowest BCUT2D eigenvalue weighted by Crippen LogP contribution is -2.68. The third-order valence-corrected chi connectivity index (χ3v) is 4.43. The molecule has 2 fully saturated rings. The van der Waals surface area contributed by atoms with Gasteiger partial charge in [0.1, 0.15) is 5.60 Å². The molecule has 2 heterocycles. The summed E-state index contributed by atoms with van der Waals surface area (Å²) in [6, 6.07) is 8.44. The number of piperidine rings is 1. The quantitative estimate of drug-likeness (QED) is 0.855. The molecule has 1 N–H and O–H groups in total. The second kappa shape index (κ2) is 3.83. The Bertz CT molecular complexity index is 409. The van der Waals surface area contributed by atoms with Crippen LogP contribution >= 0.6 is 15.9 Å². The minimum atomic E-state index is -0.607. The van der Waals surface area contributed by atoms with Gasteiger partial charge in [0.25, 0.3) is 0 Å². The number of fused-ring (bicyclic) bond motifs is 1. The summed E-state index contributed by atoms with van der Waals surface area (Å²) >= 11 is 3.47. The fourth-order valence-electron chi connectivity index (χ4n) is 3.07. The van der Waals surface area contributed by atoms with Gasteiger partial charge in [-0.1, -0.05) is 34.5 Å². The van der Waals surface area contributed by atoms with Crippen LogP contribution in [0.1, 0.15) is 24.8 Å². The number of halogens is 1. The molecular weight excluding hydrogens is 266 g/mol. The number of hydrogen-bond acceptors (Lipinski definition) is 2. The van der Waals surface area contributed by atoms with E-state index >= 15 is 0 Å². The van der Waals surface area contributed by atoms with Crippen molar-refractivity contribution in [1.82, 2.24) is 4.90 Å². The third kappa shape index (κ3) is 1.53. The highest BCUT2D eigenvalue weighted by atomic mass is 79.9. The lowest BCUT2D eigenvalue weighted by molar-refractivity contribution is -0.172. The fourth-order valence-corrected chi connectivity index (χ4v) is 3.46. The van der Waals surface area contributed by atoms with Crippen LogP contribution in [0, 0.1) is 0 Å². The highest BCUT2D eigenvalue weighted by Gasteiger charge is 2.52. The maximum absolute atomic E-state index is 10.7. The van der Waals surface area contributed by atoms with Crippen LogP contribution in [0.5, 0.6) is 0 Å². The van der Waals surface area contributed by atoms with Crippen molar-refractivity contribution in [3.8, 4) is 0 Å². The molecule has 16 heavy (non-hydrogen) atoms. The van der Waals surface area contributed by atoms with Crippen LogP contribution < -0.4 is 0 Å². The van der Waals surface area contributed by atoms with E-state index in [4.69, 9.17) is 0 Å². The van der Waals surface area contributed by atoms with Crippen molar-refractivity contribution in [2.24, 2.45) is 0 Å². The summed E-state index contributed by atoms with van der Waals surface area (Å²) in [5.41, 5.74) is 0.453. The van der Waals surface area contributed by atoms with Crippen LogP contribution in [0.25, 0.3) is 0 Å². The van der Waals surface area contributed by atoms with E-state index in [1.807, 2.05) is 24.3 Å². The van der Waals surface area contributed by atoms with Gasteiger partial charge < -0.3 is 5.11 Å². The van der Waals surface area contributed by atoms with Gasteiger partial charge in [0.2, 0.25) is 0 Å². The second-order valence-corrected chi connectivity index (χ2v) is 5.83. The predicted octanol–water partition coefficient (Wildman–Crippen LogP) is 2.50. The molecule has 3 heteroatoms. The highest BCUT2D eigenvalue weighted by molar-refractivity contribution is 9.10. The average Bonchev–Trinajstić information content (AvgIpc) is 2.27. The maximum atomic E-state index is 10.7. The molecule has 1 aromatic carbocycles. The molecular formula is C13H16BrNO. The number of nitrogens with zero attached hydrogens (tertiary/aromatic N) is 1. The Hall–Kier alpha value is -0.380. The third-order valence-electron chi connectivity index (χ3n) is 3.93. The van der Waals surface area contributed by atoms with Crippen LogP contribution in [-0.2, 0) is 5.60 Å². The summed E-state index contributed by atoms with van der Waals surface area (Å²) in [5, 5.41) is 10.7. The molecule has 0 bridgehead atoms. The Morgan fingerprint density at radius 2 is 2.25 bits per heavy atom. The van der Waals surface area contributed by atoms with E-state index in [2.05, 4.69) is 20.8 Å². The van der Waals surface area contributed by atoms with E-state index in [1.54, 1.807) is 0 Å². The van der Waals surface area contributed by atoms with Crippen LogP contribution in [0.4, 0.5) is 0 Å². The van der Waals surface area contributed by atoms with Crippen molar-refractivity contribution in [3.63, 3.8) is 0 Å². The van der Waals surface area contributed by atoms with E-state index in [0.717, 1.165) is 29.5 Å². The summed E-state index contributed by atoms with van der Waals surface area (Å²) in [5.74, 6) is 0. The Balaban J connectivity index is 1.89. The van der Waals surface area contributed by atoms with Gasteiger partial charge in [0.05, 0.1) is 0 Å². The van der Waals surface area contributed by atoms with Crippen molar-refractivity contribution < 1.29 is 5.11 Å². The Morgan fingerprint density at radius 1 is 1.38 bits per heavy atom. The number of benzene rings is 1. The summed E-state index contributed by atoms with van der Waals surface area (Å²) in [4.78, 5) is 2.41. The summed E-state index contributed by atoms with van der Waals surface area (Å²) < 4.78 is 1.05. The lowest BCUT2D eigenvalue weighted by atomic mass is 9.73. The standard InChI is InChI=1S/C13H16BrNO/c14-11-5-3-4-10(8-11)13(16)9-15-7-2-1-6-12(13)15/h3-5,8,12,16H,1-2,6-7,9H2. The highest BCUT2D eigenvalue weighted by Crippen LogP contribution is 2.43. The van der Waals surface area contributed by atoms with E-state index in [1.165, 1.54) is 12.8 Å². The molecule has 2 aliphatic heterocycles. The van der Waals surface area contributed by atoms with E-state index in [0.29, 0.717) is 6.04 Å². The average molecular weight is 282 g/mol. The van der Waals surface area contributed by atoms with E-state index in [-0.39, 0.29) is 0 Å². The molecule has 0 aromatic heterocycles. The zero-order valence-electron chi connectivity index (χ0n) is 9.19. The van der Waals surface area contributed by atoms with E-state index in [9.17, 15) is 5.11 Å². The van der Waals surface area contributed by atoms with Crippen molar-refractivity contribution >= 4 is 15.9 Å². The number of aliphatic hydroxyl groups is 1. The molecule has 0 saturated carbocycles.